The average molecular weight is 1400 g/mol. The lowest BCUT2D eigenvalue weighted by Crippen LogP contribution is -2.50. The predicted octanol–water partition coefficient (Wildman–Crippen LogP) is -1.94. The number of Topliss-reactive ketones (excluding diaryl/α,β-unsaturated/α-hetero) is 5. The van der Waals surface area contributed by atoms with E-state index >= 15 is 0 Å². The first kappa shape index (κ1) is 88.0. The van der Waals surface area contributed by atoms with E-state index in [1.807, 2.05) is 27.7 Å². The van der Waals surface area contributed by atoms with Crippen LogP contribution in [0, 0.1) is 47.3 Å². The van der Waals surface area contributed by atoms with Crippen LogP contribution in [-0.2, 0) is 73.5 Å². The number of carboxylic acid groups (broad SMARTS) is 1. The highest BCUT2D eigenvalue weighted by Crippen LogP contribution is 2.25. The average Bonchev–Trinajstić information content (AvgIpc) is 0.886. The first-order valence-corrected chi connectivity index (χ1v) is 33.5. The van der Waals surface area contributed by atoms with Crippen LogP contribution in [0.3, 0.4) is 0 Å². The minimum Gasteiger partial charge on any atom is -0.508 e. The number of primary amides is 3. The zero-order chi connectivity index (χ0) is 75.2. The van der Waals surface area contributed by atoms with Gasteiger partial charge in [-0.3, -0.25) is 77.1 Å². The highest BCUT2D eigenvalue weighted by atomic mass is 16.4. The first-order chi connectivity index (χ1) is 46.4. The number of amides is 8. The number of hydrogen-bond donors (Lipinski definition) is 17. The van der Waals surface area contributed by atoms with E-state index in [9.17, 15) is 87.5 Å². The number of phenols is 1. The second kappa shape index (κ2) is 46.3. The molecule has 25 N–H and O–H groups in total. The molecule has 0 aromatic heterocycles. The molecule has 0 aliphatic rings. The Kier molecular flexibility index (Phi) is 41.2. The quantitative estimate of drug-likeness (QED) is 0.0192. The van der Waals surface area contributed by atoms with Crippen molar-refractivity contribution in [2.45, 2.75) is 206 Å². The van der Waals surface area contributed by atoms with E-state index in [1.165, 1.54) is 31.2 Å². The fourth-order valence-electron chi connectivity index (χ4n) is 10.9. The summed E-state index contributed by atoms with van der Waals surface area (Å²) < 4.78 is 0. The molecule has 0 bridgehead atoms. The SMILES string of the molecule is CC(C)C[C@H](CC(=O)[C@H](CC(C)C)NC(=O)[C@H](CCCCN)CC(=O)[C@H](CCCN=C(N)N)NC(=O)[C@@H](CC(=O)[C@H](CCC(N)=O)NC(=O)[C@H](CCC(N)=O)CC(=O)[C@H](CCCN=C(N)N)NC(=O)[C@@H](CC(=O)[C@H](CC(=O)O)NC(=O)[C@@H](C)CO)[C@@H](C)O)Cc1ccc(O)cc1)C(N)=O. The number of hydrogen-bond acceptors (Lipinski definition) is 20. The Morgan fingerprint density at radius 1 is 0.455 bits per heavy atom. The Morgan fingerprint density at radius 2 is 0.869 bits per heavy atom. The van der Waals surface area contributed by atoms with E-state index < -0.39 is 218 Å². The monoisotopic (exact) mass is 1400 g/mol. The summed E-state index contributed by atoms with van der Waals surface area (Å²) in [5.41, 5.74) is 45.2. The number of aliphatic imine (C=N–C) groups is 2. The topological polar surface area (TPSA) is 613 Å². The normalized spacial score (nSPS) is 14.9. The number of aromatic hydroxyl groups is 1. The van der Waals surface area contributed by atoms with Gasteiger partial charge >= 0.3 is 5.97 Å². The fraction of sp³-hybridized carbons (Fsp3) is 0.667. The van der Waals surface area contributed by atoms with Crippen molar-refractivity contribution in [3.05, 3.63) is 29.8 Å². The second-order valence-electron chi connectivity index (χ2n) is 26.2. The molecule has 8 amide bonds. The van der Waals surface area contributed by atoms with Crippen LogP contribution in [0.25, 0.3) is 0 Å². The van der Waals surface area contributed by atoms with Gasteiger partial charge in [-0.25, -0.2) is 0 Å². The predicted molar refractivity (Wildman–Crippen MR) is 365 cm³/mol. The van der Waals surface area contributed by atoms with Crippen molar-refractivity contribution in [3.8, 4) is 5.75 Å². The number of nitrogens with two attached hydrogens (primary N) is 8. The maximum Gasteiger partial charge on any atom is 0.305 e. The van der Waals surface area contributed by atoms with Gasteiger partial charge in [0.25, 0.3) is 0 Å². The molecule has 0 radical (unpaired) electrons. The van der Waals surface area contributed by atoms with Gasteiger partial charge in [0.05, 0.1) is 61.2 Å². The van der Waals surface area contributed by atoms with E-state index in [1.54, 1.807) is 0 Å². The smallest absolute Gasteiger partial charge is 0.305 e. The molecule has 0 unspecified atom stereocenters. The van der Waals surface area contributed by atoms with Crippen molar-refractivity contribution in [1.82, 2.24) is 26.6 Å². The number of carboxylic acids is 1. The number of nitrogens with zero attached hydrogens (tertiary/aromatic N) is 2. The van der Waals surface area contributed by atoms with E-state index in [0.717, 1.165) is 6.92 Å². The molecule has 556 valence electrons. The summed E-state index contributed by atoms with van der Waals surface area (Å²) >= 11 is 0. The molecule has 99 heavy (non-hydrogen) atoms. The van der Waals surface area contributed by atoms with Crippen LogP contribution < -0.4 is 72.5 Å². The number of carbonyl (C=O) groups is 14. The molecule has 0 heterocycles. The third-order valence-corrected chi connectivity index (χ3v) is 16.5. The number of aliphatic hydroxyl groups is 2. The number of ketones is 5. The van der Waals surface area contributed by atoms with Gasteiger partial charge in [0, 0.05) is 81.7 Å². The molecule has 0 fully saturated rings. The maximum absolute atomic E-state index is 14.9. The molecule has 0 saturated carbocycles. The van der Waals surface area contributed by atoms with E-state index in [0.29, 0.717) is 24.8 Å². The van der Waals surface area contributed by atoms with Gasteiger partial charge < -0.3 is 92.9 Å². The van der Waals surface area contributed by atoms with Crippen molar-refractivity contribution in [3.63, 3.8) is 0 Å². The molecule has 33 nitrogen and oxygen atoms in total. The molecule has 33 heteroatoms. The van der Waals surface area contributed by atoms with Crippen LogP contribution in [0.4, 0.5) is 0 Å². The van der Waals surface area contributed by atoms with Gasteiger partial charge in [-0.15, -0.1) is 0 Å². The van der Waals surface area contributed by atoms with E-state index in [4.69, 9.17) is 45.9 Å². The van der Waals surface area contributed by atoms with Crippen LogP contribution in [0.5, 0.6) is 5.75 Å². The zero-order valence-electron chi connectivity index (χ0n) is 57.9. The third-order valence-electron chi connectivity index (χ3n) is 16.5. The summed E-state index contributed by atoms with van der Waals surface area (Å²) in [5, 5.41) is 52.8. The van der Waals surface area contributed by atoms with Crippen LogP contribution in [0.1, 0.15) is 169 Å². The van der Waals surface area contributed by atoms with Gasteiger partial charge in [-0.2, -0.15) is 0 Å². The molecule has 1 aromatic rings. The van der Waals surface area contributed by atoms with Crippen LogP contribution in [0.15, 0.2) is 34.3 Å². The summed E-state index contributed by atoms with van der Waals surface area (Å²) in [6.45, 7) is 9.37. The number of phenolic OH excluding ortho intramolecular Hbond substituents is 1. The second-order valence-corrected chi connectivity index (χ2v) is 26.2. The summed E-state index contributed by atoms with van der Waals surface area (Å²) in [6, 6.07) is -1.78. The van der Waals surface area contributed by atoms with Gasteiger partial charge in [0.1, 0.15) is 5.75 Å². The number of nitrogens with one attached hydrogen (secondary N) is 5. The molecule has 12 atom stereocenters. The van der Waals surface area contributed by atoms with Crippen LogP contribution in [0.2, 0.25) is 0 Å². The standard InChI is InChI=1S/C66H109N15O18/c1-35(2)25-42(59(70)94)30-54(88)49(26-36(3)4)81-61(96)40(11-7-8-22-67)28-51(85)46(12-9-23-75-65(71)72)77-63(98)43(27-39-14-17-44(84)18-15-39)31-53(87)48(19-21-57(69)91)78-62(97)41(16-20-56(68)90)29-52(86)47(13-10-24-76-66(73)74)79-64(99)45(38(6)83)32-55(89)50(33-58(92)93)80-60(95)37(5)34-82/h14-15,17-18,35-38,40-43,45-50,82-84H,7-13,16,19-34,67H2,1-6H3,(H2,68,90)(H2,69,91)(H2,70,94)(H,77,98)(H,78,97)(H,79,99)(H,80,95)(H,81,96)(H,92,93)(H4,71,72,75)(H4,73,74,76)/t37-,38+,40+,41+,42+,43+,45-,46-,47-,48-,49-,50-/m0/s1. The molecule has 0 aliphatic carbocycles. The van der Waals surface area contributed by atoms with Crippen molar-refractivity contribution in [2.75, 3.05) is 26.2 Å². The number of carbonyl (C=O) groups excluding carboxylic acids is 13. The summed E-state index contributed by atoms with van der Waals surface area (Å²) in [7, 11) is 0. The van der Waals surface area contributed by atoms with Gasteiger partial charge in [-0.1, -0.05) is 53.2 Å². The summed E-state index contributed by atoms with van der Waals surface area (Å²) in [4.78, 5) is 199. The van der Waals surface area contributed by atoms with Crippen LogP contribution in [-0.4, -0.2) is 177 Å². The molecular weight excluding hydrogens is 1290 g/mol. The molecule has 1 aromatic carbocycles. The highest BCUT2D eigenvalue weighted by molar-refractivity contribution is 6.00. The van der Waals surface area contributed by atoms with Crippen molar-refractivity contribution < 1.29 is 87.5 Å². The highest BCUT2D eigenvalue weighted by Gasteiger charge is 2.38. The summed E-state index contributed by atoms with van der Waals surface area (Å²) in [5.74, 6) is -20.8. The Balaban J connectivity index is 3.94. The number of unbranched alkanes of at least 4 members (excludes halogenated alkanes) is 1. The Bertz CT molecular complexity index is 2930. The number of guanidine groups is 2. The number of aliphatic hydroxyl groups excluding tert-OH is 2. The van der Waals surface area contributed by atoms with Crippen molar-refractivity contribution in [2.24, 2.45) is 103 Å². The van der Waals surface area contributed by atoms with Gasteiger partial charge in [0.2, 0.25) is 47.3 Å². The number of aliphatic carboxylic acids is 1. The Hall–Kier alpha value is -8.98. The largest absolute Gasteiger partial charge is 0.508 e. The summed E-state index contributed by atoms with van der Waals surface area (Å²) in [6.07, 6.45) is -6.62. The minimum absolute atomic E-state index is 0.00773. The lowest BCUT2D eigenvalue weighted by atomic mass is 9.87. The Morgan fingerprint density at radius 3 is 1.31 bits per heavy atom. The van der Waals surface area contributed by atoms with Crippen molar-refractivity contribution >= 4 is 94.1 Å². The fourth-order valence-corrected chi connectivity index (χ4v) is 10.9. The lowest BCUT2D eigenvalue weighted by Gasteiger charge is -2.27. The van der Waals surface area contributed by atoms with Crippen molar-refractivity contribution in [1.29, 1.82) is 0 Å². The number of benzene rings is 1. The minimum atomic E-state index is -1.72. The first-order valence-electron chi connectivity index (χ1n) is 33.5. The molecule has 0 spiro atoms. The molecule has 0 aliphatic heterocycles. The zero-order valence-corrected chi connectivity index (χ0v) is 57.9. The third kappa shape index (κ3) is 36.4. The number of rotatable bonds is 54. The lowest BCUT2D eigenvalue weighted by molar-refractivity contribution is -0.141. The molecular formula is C66H109N15O18. The van der Waals surface area contributed by atoms with Gasteiger partial charge in [-0.05, 0) is 114 Å². The van der Waals surface area contributed by atoms with Gasteiger partial charge in [0.15, 0.2) is 40.8 Å². The van der Waals surface area contributed by atoms with Crippen LogP contribution >= 0.6 is 0 Å². The molecule has 0 saturated heterocycles. The maximum atomic E-state index is 14.9. The van der Waals surface area contributed by atoms with E-state index in [-0.39, 0.29) is 101 Å². The molecule has 1 rings (SSSR count). The van der Waals surface area contributed by atoms with E-state index in [2.05, 4.69) is 36.6 Å². The Labute approximate surface area is 577 Å².